The van der Waals surface area contributed by atoms with Crippen molar-refractivity contribution in [2.45, 2.75) is 19.3 Å². The van der Waals surface area contributed by atoms with Crippen LogP contribution < -0.4 is 9.64 Å². The zero-order chi connectivity index (χ0) is 18.8. The summed E-state index contributed by atoms with van der Waals surface area (Å²) in [4.78, 5) is 37.5. The van der Waals surface area contributed by atoms with Crippen LogP contribution in [0.4, 0.5) is 5.69 Å². The Morgan fingerprint density at radius 2 is 1.92 bits per heavy atom. The number of ether oxygens (including phenoxy) is 1. The largest absolute Gasteiger partial charge is 0.496 e. The molecule has 1 amide bonds. The van der Waals surface area contributed by atoms with E-state index in [1.165, 1.54) is 18.9 Å². The molecule has 134 valence electrons. The highest BCUT2D eigenvalue weighted by molar-refractivity contribution is 6.00. The van der Waals surface area contributed by atoms with Gasteiger partial charge in [0.25, 0.3) is 0 Å². The fourth-order valence-electron chi connectivity index (χ4n) is 3.25. The topological polar surface area (TPSA) is 83.9 Å². The van der Waals surface area contributed by atoms with Gasteiger partial charge in [-0.2, -0.15) is 0 Å². The van der Waals surface area contributed by atoms with Gasteiger partial charge in [0.05, 0.1) is 13.5 Å². The summed E-state index contributed by atoms with van der Waals surface area (Å²) < 4.78 is 5.30. The van der Waals surface area contributed by atoms with E-state index >= 15 is 0 Å². The minimum absolute atomic E-state index is 0.0188. The molecule has 2 aromatic rings. The van der Waals surface area contributed by atoms with Gasteiger partial charge >= 0.3 is 5.97 Å². The molecule has 6 heteroatoms. The molecule has 6 nitrogen and oxygen atoms in total. The second-order valence-electron chi connectivity index (χ2n) is 6.21. The number of aliphatic carboxylic acids is 1. The van der Waals surface area contributed by atoms with Crippen LogP contribution in [0.2, 0.25) is 0 Å². The smallest absolute Gasteiger partial charge is 0.312 e. The van der Waals surface area contributed by atoms with Crippen LogP contribution >= 0.6 is 0 Å². The predicted molar refractivity (Wildman–Crippen MR) is 95.9 cm³/mol. The summed E-state index contributed by atoms with van der Waals surface area (Å²) in [6, 6.07) is 12.0. The van der Waals surface area contributed by atoms with Crippen LogP contribution in [0.5, 0.6) is 5.75 Å². The lowest BCUT2D eigenvalue weighted by atomic mass is 10.0. The van der Waals surface area contributed by atoms with E-state index in [0.29, 0.717) is 28.1 Å². The van der Waals surface area contributed by atoms with E-state index in [2.05, 4.69) is 0 Å². The minimum atomic E-state index is -0.955. The molecule has 3 rings (SSSR count). The molecule has 0 saturated carbocycles. The maximum Gasteiger partial charge on any atom is 0.312 e. The molecule has 1 aliphatic rings. The number of carbonyl (C=O) groups is 3. The highest BCUT2D eigenvalue weighted by Gasteiger charge is 2.36. The first-order valence-electron chi connectivity index (χ1n) is 8.22. The van der Waals surface area contributed by atoms with Crippen LogP contribution in [0.25, 0.3) is 0 Å². The fraction of sp³-hybridized carbons (Fsp3) is 0.250. The van der Waals surface area contributed by atoms with Gasteiger partial charge in [0, 0.05) is 23.4 Å². The van der Waals surface area contributed by atoms with E-state index < -0.39 is 11.9 Å². The number of benzene rings is 2. The Morgan fingerprint density at radius 1 is 1.19 bits per heavy atom. The molecule has 1 heterocycles. The minimum Gasteiger partial charge on any atom is -0.496 e. The predicted octanol–water partition coefficient (Wildman–Crippen LogP) is 2.66. The Hall–Kier alpha value is -3.15. The second-order valence-corrected chi connectivity index (χ2v) is 6.21. The number of hydrogen-bond acceptors (Lipinski definition) is 4. The summed E-state index contributed by atoms with van der Waals surface area (Å²) in [5.74, 6) is -1.51. The molecular weight excluding hydrogens is 334 g/mol. The van der Waals surface area contributed by atoms with E-state index in [9.17, 15) is 19.5 Å². The Morgan fingerprint density at radius 3 is 2.58 bits per heavy atom. The summed E-state index contributed by atoms with van der Waals surface area (Å²) in [7, 11) is 1.50. The molecule has 0 bridgehead atoms. The van der Waals surface area contributed by atoms with Crippen molar-refractivity contribution in [2.24, 2.45) is 0 Å². The number of carbonyl (C=O) groups excluding carboxylic acids is 2. The lowest BCUT2D eigenvalue weighted by Gasteiger charge is -2.18. The standard InChI is InChI=1S/C20H19NO5/c1-12(22)13-7-8-18(26-2)14(9-13)10-19(23)21-11-16(20(24)25)15-5-3-4-6-17(15)21/h3-9,16H,10-11H2,1-2H3,(H,24,25). The van der Waals surface area contributed by atoms with Crippen molar-refractivity contribution < 1.29 is 24.2 Å². The molecule has 0 spiro atoms. The normalized spacial score (nSPS) is 15.5. The summed E-state index contributed by atoms with van der Waals surface area (Å²) >= 11 is 0. The number of ketones is 1. The maximum absolute atomic E-state index is 12.9. The number of methoxy groups -OCH3 is 1. The quantitative estimate of drug-likeness (QED) is 0.836. The van der Waals surface area contributed by atoms with Gasteiger partial charge in [-0.15, -0.1) is 0 Å². The van der Waals surface area contributed by atoms with E-state index in [1.807, 2.05) is 0 Å². The zero-order valence-electron chi connectivity index (χ0n) is 14.6. The average molecular weight is 353 g/mol. The summed E-state index contributed by atoms with van der Waals surface area (Å²) in [6.45, 7) is 1.56. The third-order valence-corrected chi connectivity index (χ3v) is 4.60. The van der Waals surface area contributed by atoms with Gasteiger partial charge < -0.3 is 14.7 Å². The average Bonchev–Trinajstić information content (AvgIpc) is 3.01. The van der Waals surface area contributed by atoms with Crippen molar-refractivity contribution in [3.8, 4) is 5.75 Å². The Kier molecular flexibility index (Phi) is 4.75. The monoisotopic (exact) mass is 353 g/mol. The molecule has 0 aliphatic carbocycles. The lowest BCUT2D eigenvalue weighted by molar-refractivity contribution is -0.138. The van der Waals surface area contributed by atoms with Crippen LogP contribution in [0.1, 0.15) is 34.3 Å². The number of para-hydroxylation sites is 1. The van der Waals surface area contributed by atoms with Crippen LogP contribution in [-0.4, -0.2) is 36.4 Å². The molecule has 1 aliphatic heterocycles. The zero-order valence-corrected chi connectivity index (χ0v) is 14.6. The van der Waals surface area contributed by atoms with Crippen molar-refractivity contribution in [1.82, 2.24) is 0 Å². The molecule has 1 atom stereocenters. The molecule has 1 N–H and O–H groups in total. The molecule has 26 heavy (non-hydrogen) atoms. The van der Waals surface area contributed by atoms with Gasteiger partial charge in [0.15, 0.2) is 5.78 Å². The third-order valence-electron chi connectivity index (χ3n) is 4.60. The Balaban J connectivity index is 1.91. The molecular formula is C20H19NO5. The number of amides is 1. The van der Waals surface area contributed by atoms with Crippen molar-refractivity contribution in [3.05, 3.63) is 59.2 Å². The van der Waals surface area contributed by atoms with Gasteiger partial charge in [-0.25, -0.2) is 0 Å². The van der Waals surface area contributed by atoms with Crippen LogP contribution in [0.3, 0.4) is 0 Å². The Labute approximate surface area is 151 Å². The van der Waals surface area contributed by atoms with Gasteiger partial charge in [0.2, 0.25) is 5.91 Å². The van der Waals surface area contributed by atoms with E-state index in [1.54, 1.807) is 42.5 Å². The lowest BCUT2D eigenvalue weighted by Crippen LogP contribution is -2.32. The first kappa shape index (κ1) is 17.7. The Bertz CT molecular complexity index is 890. The molecule has 0 fully saturated rings. The number of carboxylic acid groups (broad SMARTS) is 1. The van der Waals surface area contributed by atoms with Gasteiger partial charge in [-0.3, -0.25) is 14.4 Å². The highest BCUT2D eigenvalue weighted by atomic mass is 16.5. The van der Waals surface area contributed by atoms with Crippen LogP contribution in [0.15, 0.2) is 42.5 Å². The van der Waals surface area contributed by atoms with Gasteiger partial charge in [-0.05, 0) is 36.8 Å². The molecule has 0 saturated heterocycles. The van der Waals surface area contributed by atoms with Crippen LogP contribution in [0, 0.1) is 0 Å². The van der Waals surface area contributed by atoms with Crippen LogP contribution in [-0.2, 0) is 16.0 Å². The molecule has 0 radical (unpaired) electrons. The molecule has 1 unspecified atom stereocenters. The SMILES string of the molecule is COc1ccc(C(C)=O)cc1CC(=O)N1CC(C(=O)O)c2ccccc21. The summed E-state index contributed by atoms with van der Waals surface area (Å²) in [5.41, 5.74) is 2.35. The summed E-state index contributed by atoms with van der Waals surface area (Å²) in [5, 5.41) is 9.43. The highest BCUT2D eigenvalue weighted by Crippen LogP contribution is 2.37. The number of carboxylic acids is 1. The number of fused-ring (bicyclic) bond motifs is 1. The van der Waals surface area contributed by atoms with Crippen molar-refractivity contribution in [3.63, 3.8) is 0 Å². The fourth-order valence-corrected chi connectivity index (χ4v) is 3.25. The maximum atomic E-state index is 12.9. The second kappa shape index (κ2) is 7.00. The van der Waals surface area contributed by atoms with Gasteiger partial charge in [0.1, 0.15) is 11.7 Å². The number of hydrogen-bond donors (Lipinski definition) is 1. The molecule has 0 aromatic heterocycles. The van der Waals surface area contributed by atoms with E-state index in [0.717, 1.165) is 0 Å². The number of anilines is 1. The van der Waals surface area contributed by atoms with E-state index in [4.69, 9.17) is 4.74 Å². The number of nitrogens with zero attached hydrogens (tertiary/aromatic N) is 1. The van der Waals surface area contributed by atoms with Crippen molar-refractivity contribution >= 4 is 23.3 Å². The van der Waals surface area contributed by atoms with Crippen molar-refractivity contribution in [1.29, 1.82) is 0 Å². The first-order chi connectivity index (χ1) is 12.4. The number of rotatable bonds is 5. The summed E-state index contributed by atoms with van der Waals surface area (Å²) in [6.07, 6.45) is 0.0188. The van der Waals surface area contributed by atoms with E-state index in [-0.39, 0.29) is 24.7 Å². The van der Waals surface area contributed by atoms with Crippen molar-refractivity contribution in [2.75, 3.05) is 18.6 Å². The molecule has 2 aromatic carbocycles. The van der Waals surface area contributed by atoms with Gasteiger partial charge in [-0.1, -0.05) is 18.2 Å². The first-order valence-corrected chi connectivity index (χ1v) is 8.22. The number of Topliss-reactive ketones (excluding diaryl/α,β-unsaturated/α-hetero) is 1. The third kappa shape index (κ3) is 3.18.